The first kappa shape index (κ1) is 18.2. The van der Waals surface area contributed by atoms with Gasteiger partial charge >= 0.3 is 5.97 Å². The van der Waals surface area contributed by atoms with Gasteiger partial charge in [0.25, 0.3) is 5.69 Å². The molecule has 0 saturated carbocycles. The summed E-state index contributed by atoms with van der Waals surface area (Å²) in [4.78, 5) is 22.7. The van der Waals surface area contributed by atoms with E-state index in [0.29, 0.717) is 23.7 Å². The van der Waals surface area contributed by atoms with Crippen LogP contribution in [0.1, 0.15) is 33.6 Å². The van der Waals surface area contributed by atoms with Crippen LogP contribution >= 0.6 is 0 Å². The first-order chi connectivity index (χ1) is 11.4. The van der Waals surface area contributed by atoms with Crippen molar-refractivity contribution in [3.05, 3.63) is 23.1 Å². The second-order valence-corrected chi connectivity index (χ2v) is 6.70. The van der Waals surface area contributed by atoms with Gasteiger partial charge in [-0.05, 0) is 39.7 Å². The fourth-order valence-electron chi connectivity index (χ4n) is 2.39. The second-order valence-electron chi connectivity index (χ2n) is 6.70. The summed E-state index contributed by atoms with van der Waals surface area (Å²) in [6, 6.07) is 4.91. The van der Waals surface area contributed by atoms with E-state index < -0.39 is 11.6 Å². The monoisotopic (exact) mass is 337 g/mol. The maximum Gasteiger partial charge on any atom is 0.344 e. The predicted molar refractivity (Wildman–Crippen MR) is 89.2 cm³/mol. The summed E-state index contributed by atoms with van der Waals surface area (Å²) in [6.45, 7) is 6.60. The molecule has 1 heterocycles. The molecule has 7 heteroatoms. The highest BCUT2D eigenvalue weighted by molar-refractivity contribution is 5.72. The minimum Gasteiger partial charge on any atom is -0.482 e. The molecule has 0 bridgehead atoms. The standard InChI is InChI=1S/C17H24N2O5/c1-17(2,3)24-16(20)11-23-12-6-7-14(19-21)15(9-12)18-10-13-5-4-8-22-13/h6-7,9,13,18H,4-5,8,10-11H2,1-3H3/p+1/t13-/m0/s1. The smallest absolute Gasteiger partial charge is 0.344 e. The van der Waals surface area contributed by atoms with Crippen LogP contribution in [0.25, 0.3) is 0 Å². The Morgan fingerprint density at radius 2 is 2.21 bits per heavy atom. The molecule has 1 atom stereocenters. The lowest BCUT2D eigenvalue weighted by Gasteiger charge is -2.19. The van der Waals surface area contributed by atoms with Crippen LogP contribution in [0.4, 0.5) is 11.4 Å². The molecule has 1 aromatic rings. The molecule has 2 rings (SSSR count). The van der Waals surface area contributed by atoms with Crippen molar-refractivity contribution in [2.45, 2.75) is 45.3 Å². The van der Waals surface area contributed by atoms with Crippen molar-refractivity contribution in [1.82, 2.24) is 0 Å². The van der Waals surface area contributed by atoms with Gasteiger partial charge in [0.2, 0.25) is 0 Å². The van der Waals surface area contributed by atoms with Gasteiger partial charge in [-0.2, -0.15) is 0 Å². The molecule has 0 spiro atoms. The lowest BCUT2D eigenvalue weighted by atomic mass is 10.2. The molecule has 0 aliphatic carbocycles. The summed E-state index contributed by atoms with van der Waals surface area (Å²) < 4.78 is 16.2. The molecular weight excluding hydrogens is 312 g/mol. The van der Waals surface area contributed by atoms with Crippen molar-refractivity contribution in [3.8, 4) is 5.75 Å². The van der Waals surface area contributed by atoms with Crippen molar-refractivity contribution in [2.24, 2.45) is 0 Å². The number of benzene rings is 1. The van der Waals surface area contributed by atoms with Crippen molar-refractivity contribution in [2.75, 3.05) is 25.1 Å². The molecule has 1 saturated heterocycles. The minimum absolute atomic E-state index is 0.149. The van der Waals surface area contributed by atoms with Gasteiger partial charge in [0.1, 0.15) is 17.0 Å². The molecule has 1 fully saturated rings. The van der Waals surface area contributed by atoms with E-state index >= 15 is 0 Å². The first-order valence-electron chi connectivity index (χ1n) is 8.10. The van der Waals surface area contributed by atoms with Gasteiger partial charge in [0.15, 0.2) is 6.61 Å². The van der Waals surface area contributed by atoms with Gasteiger partial charge in [0, 0.05) is 35.4 Å². The number of hydrogen-bond donors (Lipinski definition) is 2. The van der Waals surface area contributed by atoms with Gasteiger partial charge in [0.05, 0.1) is 6.10 Å². The van der Waals surface area contributed by atoms with Crippen molar-refractivity contribution in [3.63, 3.8) is 0 Å². The van der Waals surface area contributed by atoms with Crippen LogP contribution in [-0.4, -0.2) is 37.4 Å². The summed E-state index contributed by atoms with van der Waals surface area (Å²) in [5.74, 6) is 0.0390. The third-order valence-corrected chi connectivity index (χ3v) is 3.42. The Kier molecular flexibility index (Phi) is 6.14. The van der Waals surface area contributed by atoms with Gasteiger partial charge in [-0.1, -0.05) is 0 Å². The molecule has 0 aromatic heterocycles. The Labute approximate surface area is 141 Å². The fourth-order valence-corrected chi connectivity index (χ4v) is 2.39. The lowest BCUT2D eigenvalue weighted by Crippen LogP contribution is -2.56. The Balaban J connectivity index is 1.94. The highest BCUT2D eigenvalue weighted by Gasteiger charge is 2.19. The van der Waals surface area contributed by atoms with Crippen LogP contribution in [0.3, 0.4) is 0 Å². The zero-order valence-corrected chi connectivity index (χ0v) is 14.4. The summed E-state index contributed by atoms with van der Waals surface area (Å²) >= 11 is 0. The second kappa shape index (κ2) is 8.10. The molecule has 0 radical (unpaired) electrons. The fraction of sp³-hybridized carbons (Fsp3) is 0.588. The SMILES string of the molecule is CC(C)(C)OC(=O)COc1ccc([NH+]=O)c(NC[C@@H]2CCCO2)c1. The Bertz CT molecular complexity index is 577. The van der Waals surface area contributed by atoms with Crippen LogP contribution in [0, 0.1) is 4.91 Å². The van der Waals surface area contributed by atoms with E-state index in [1.54, 1.807) is 39.0 Å². The summed E-state index contributed by atoms with van der Waals surface area (Å²) in [5.41, 5.74) is 0.477. The third-order valence-electron chi connectivity index (χ3n) is 3.42. The molecule has 0 amide bonds. The van der Waals surface area contributed by atoms with E-state index in [9.17, 15) is 9.70 Å². The van der Waals surface area contributed by atoms with E-state index in [1.165, 1.54) is 0 Å². The number of nitrogens with one attached hydrogen (secondary N) is 2. The zero-order chi connectivity index (χ0) is 17.6. The highest BCUT2D eigenvalue weighted by Crippen LogP contribution is 2.24. The van der Waals surface area contributed by atoms with Crippen LogP contribution in [-0.2, 0) is 14.3 Å². The number of hydrogen-bond acceptors (Lipinski definition) is 6. The number of carbonyl (C=O) groups is 1. The van der Waals surface area contributed by atoms with Crippen LogP contribution in [0.5, 0.6) is 5.75 Å². The van der Waals surface area contributed by atoms with Gasteiger partial charge in [-0.3, -0.25) is 0 Å². The maximum absolute atomic E-state index is 11.7. The molecule has 1 aliphatic rings. The van der Waals surface area contributed by atoms with Gasteiger partial charge in [-0.15, -0.1) is 0 Å². The molecular formula is C17H25N2O5+. The number of carbonyl (C=O) groups excluding carboxylic acids is 1. The van der Waals surface area contributed by atoms with Crippen LogP contribution < -0.4 is 15.2 Å². The number of nitroso groups, excluding NO2 is 1. The summed E-state index contributed by atoms with van der Waals surface area (Å²) in [7, 11) is 0. The molecule has 0 unspecified atom stereocenters. The number of esters is 1. The summed E-state index contributed by atoms with van der Waals surface area (Å²) in [5, 5.41) is 5.08. The normalized spacial score (nSPS) is 17.4. The lowest BCUT2D eigenvalue weighted by molar-refractivity contribution is -0.378. The third kappa shape index (κ3) is 5.81. The highest BCUT2D eigenvalue weighted by atomic mass is 16.6. The molecule has 2 N–H and O–H groups in total. The average molecular weight is 337 g/mol. The van der Waals surface area contributed by atoms with E-state index in [4.69, 9.17) is 14.2 Å². The van der Waals surface area contributed by atoms with Gasteiger partial charge < -0.3 is 19.5 Å². The molecule has 1 aliphatic heterocycles. The van der Waals surface area contributed by atoms with Crippen LogP contribution in [0.2, 0.25) is 0 Å². The number of rotatable bonds is 7. The van der Waals surface area contributed by atoms with Crippen molar-refractivity contribution < 1.29 is 24.2 Å². The Hall–Kier alpha value is -2.15. The maximum atomic E-state index is 11.7. The molecule has 7 nitrogen and oxygen atoms in total. The topological polar surface area (TPSA) is 87.8 Å². The molecule has 1 aromatic carbocycles. The number of anilines is 1. The van der Waals surface area contributed by atoms with Gasteiger partial charge in [-0.25, -0.2) is 4.79 Å². The first-order valence-corrected chi connectivity index (χ1v) is 8.10. The number of ether oxygens (including phenoxy) is 3. The van der Waals surface area contributed by atoms with E-state index in [0.717, 1.165) is 19.4 Å². The average Bonchev–Trinajstić information content (AvgIpc) is 3.02. The minimum atomic E-state index is -0.551. The quantitative estimate of drug-likeness (QED) is 0.733. The van der Waals surface area contributed by atoms with E-state index in [-0.39, 0.29) is 12.7 Å². The molecule has 132 valence electrons. The Morgan fingerprint density at radius 3 is 2.83 bits per heavy atom. The van der Waals surface area contributed by atoms with Crippen molar-refractivity contribution >= 4 is 17.3 Å². The zero-order valence-electron chi connectivity index (χ0n) is 14.4. The Morgan fingerprint density at radius 1 is 1.42 bits per heavy atom. The predicted octanol–water partition coefficient (Wildman–Crippen LogP) is 1.48. The van der Waals surface area contributed by atoms with E-state index in [1.807, 2.05) is 5.18 Å². The molecule has 24 heavy (non-hydrogen) atoms. The van der Waals surface area contributed by atoms with Crippen LogP contribution in [0.15, 0.2) is 18.2 Å². The summed E-state index contributed by atoms with van der Waals surface area (Å²) in [6.07, 6.45) is 2.20. The van der Waals surface area contributed by atoms with Crippen molar-refractivity contribution in [1.29, 1.82) is 0 Å². The van der Waals surface area contributed by atoms with E-state index in [2.05, 4.69) is 5.32 Å². The largest absolute Gasteiger partial charge is 0.482 e.